The lowest BCUT2D eigenvalue weighted by atomic mass is 10.2. The Balaban J connectivity index is 2.17. The minimum Gasteiger partial charge on any atom is -0.508 e. The van der Waals surface area contributed by atoms with Gasteiger partial charge in [0.05, 0.1) is 0 Å². The summed E-state index contributed by atoms with van der Waals surface area (Å²) in [6.07, 6.45) is 2.18. The summed E-state index contributed by atoms with van der Waals surface area (Å²) < 4.78 is 0. The van der Waals surface area contributed by atoms with E-state index in [0.29, 0.717) is 5.56 Å². The minimum absolute atomic E-state index is 0.0263. The molecule has 1 aromatic rings. The first-order valence-corrected chi connectivity index (χ1v) is 4.86. The van der Waals surface area contributed by atoms with Crippen LogP contribution in [0.25, 0.3) is 0 Å². The topological polar surface area (TPSA) is 40.5 Å². The molecule has 1 saturated heterocycles. The van der Waals surface area contributed by atoms with Crippen LogP contribution in [0.15, 0.2) is 24.3 Å². The molecule has 74 valence electrons. The van der Waals surface area contributed by atoms with E-state index >= 15 is 0 Å². The summed E-state index contributed by atoms with van der Waals surface area (Å²) in [5.41, 5.74) is 0.576. The van der Waals surface area contributed by atoms with Gasteiger partial charge in [0.2, 0.25) is 0 Å². The van der Waals surface area contributed by atoms with Gasteiger partial charge in [-0.15, -0.1) is 0 Å². The first kappa shape index (κ1) is 9.06. The number of amides is 1. The maximum absolute atomic E-state index is 11.8. The molecule has 0 saturated carbocycles. The van der Waals surface area contributed by atoms with Crippen molar-refractivity contribution in [2.75, 3.05) is 13.1 Å². The molecule has 0 bridgehead atoms. The van der Waals surface area contributed by atoms with Gasteiger partial charge in [0.25, 0.3) is 5.91 Å². The summed E-state index contributed by atoms with van der Waals surface area (Å²) in [5.74, 6) is 0.174. The summed E-state index contributed by atoms with van der Waals surface area (Å²) in [6.45, 7) is 1.68. The Morgan fingerprint density at radius 1 is 1.29 bits per heavy atom. The molecule has 1 amide bonds. The van der Waals surface area contributed by atoms with Gasteiger partial charge in [-0.1, -0.05) is 6.07 Å². The molecule has 1 aromatic carbocycles. The maximum Gasteiger partial charge on any atom is 0.253 e. The summed E-state index contributed by atoms with van der Waals surface area (Å²) in [7, 11) is 0. The van der Waals surface area contributed by atoms with E-state index in [1.807, 2.05) is 4.90 Å². The van der Waals surface area contributed by atoms with Gasteiger partial charge in [-0.3, -0.25) is 4.79 Å². The number of hydrogen-bond donors (Lipinski definition) is 1. The third-order valence-electron chi connectivity index (χ3n) is 2.49. The van der Waals surface area contributed by atoms with E-state index in [9.17, 15) is 9.90 Å². The minimum atomic E-state index is 0.0263. The van der Waals surface area contributed by atoms with Gasteiger partial charge in [-0.05, 0) is 31.0 Å². The van der Waals surface area contributed by atoms with Crippen LogP contribution in [0.2, 0.25) is 0 Å². The predicted molar refractivity (Wildman–Crippen MR) is 53.2 cm³/mol. The monoisotopic (exact) mass is 191 g/mol. The third kappa shape index (κ3) is 1.71. The van der Waals surface area contributed by atoms with Crippen molar-refractivity contribution in [1.29, 1.82) is 0 Å². The molecule has 0 radical (unpaired) electrons. The molecule has 1 N–H and O–H groups in total. The number of phenols is 1. The van der Waals surface area contributed by atoms with Crippen molar-refractivity contribution in [2.45, 2.75) is 12.8 Å². The Hall–Kier alpha value is -1.51. The number of carbonyl (C=O) groups is 1. The fourth-order valence-corrected chi connectivity index (χ4v) is 1.74. The second-order valence-electron chi connectivity index (χ2n) is 3.55. The number of rotatable bonds is 1. The molecule has 0 aliphatic carbocycles. The van der Waals surface area contributed by atoms with Crippen LogP contribution in [0.5, 0.6) is 5.75 Å². The lowest BCUT2D eigenvalue weighted by molar-refractivity contribution is 0.0792. The highest BCUT2D eigenvalue weighted by atomic mass is 16.3. The summed E-state index contributed by atoms with van der Waals surface area (Å²) in [6, 6.07) is 6.51. The number of aromatic hydroxyl groups is 1. The Labute approximate surface area is 83.0 Å². The van der Waals surface area contributed by atoms with Crippen molar-refractivity contribution in [3.05, 3.63) is 29.8 Å². The molecular weight excluding hydrogens is 178 g/mol. The van der Waals surface area contributed by atoms with Gasteiger partial charge in [0.1, 0.15) is 5.75 Å². The van der Waals surface area contributed by atoms with Crippen molar-refractivity contribution in [1.82, 2.24) is 4.90 Å². The summed E-state index contributed by atoms with van der Waals surface area (Å²) in [4.78, 5) is 13.6. The van der Waals surface area contributed by atoms with E-state index in [2.05, 4.69) is 0 Å². The van der Waals surface area contributed by atoms with Gasteiger partial charge in [0.15, 0.2) is 0 Å². The average molecular weight is 191 g/mol. The first-order valence-electron chi connectivity index (χ1n) is 4.86. The highest BCUT2D eigenvalue weighted by Crippen LogP contribution is 2.16. The van der Waals surface area contributed by atoms with Gasteiger partial charge in [0, 0.05) is 18.7 Å². The molecule has 14 heavy (non-hydrogen) atoms. The molecule has 2 rings (SSSR count). The molecule has 1 heterocycles. The van der Waals surface area contributed by atoms with Crippen molar-refractivity contribution >= 4 is 5.91 Å². The van der Waals surface area contributed by atoms with Crippen LogP contribution in [0.4, 0.5) is 0 Å². The predicted octanol–water partition coefficient (Wildman–Crippen LogP) is 1.63. The fraction of sp³-hybridized carbons (Fsp3) is 0.364. The molecular formula is C11H13NO2. The molecule has 1 fully saturated rings. The van der Waals surface area contributed by atoms with Crippen LogP contribution in [-0.4, -0.2) is 29.0 Å². The number of phenolic OH excluding ortho intramolecular Hbond substituents is 1. The smallest absolute Gasteiger partial charge is 0.253 e. The van der Waals surface area contributed by atoms with Gasteiger partial charge in [-0.25, -0.2) is 0 Å². The second-order valence-corrected chi connectivity index (χ2v) is 3.55. The van der Waals surface area contributed by atoms with E-state index in [1.54, 1.807) is 18.2 Å². The first-order chi connectivity index (χ1) is 6.77. The highest BCUT2D eigenvalue weighted by molar-refractivity contribution is 5.94. The Kier molecular flexibility index (Phi) is 2.39. The van der Waals surface area contributed by atoms with E-state index in [1.165, 1.54) is 6.07 Å². The number of hydrogen-bond acceptors (Lipinski definition) is 2. The zero-order valence-corrected chi connectivity index (χ0v) is 7.94. The van der Waals surface area contributed by atoms with Gasteiger partial charge >= 0.3 is 0 Å². The zero-order chi connectivity index (χ0) is 9.97. The van der Waals surface area contributed by atoms with Crippen LogP contribution in [0, 0.1) is 0 Å². The highest BCUT2D eigenvalue weighted by Gasteiger charge is 2.19. The van der Waals surface area contributed by atoms with Gasteiger partial charge in [-0.2, -0.15) is 0 Å². The van der Waals surface area contributed by atoms with E-state index in [-0.39, 0.29) is 11.7 Å². The van der Waals surface area contributed by atoms with Crippen molar-refractivity contribution in [3.8, 4) is 5.75 Å². The molecule has 0 atom stereocenters. The lowest BCUT2D eigenvalue weighted by Gasteiger charge is -2.14. The van der Waals surface area contributed by atoms with Crippen molar-refractivity contribution in [3.63, 3.8) is 0 Å². The van der Waals surface area contributed by atoms with Crippen LogP contribution in [-0.2, 0) is 0 Å². The molecule has 1 aliphatic rings. The van der Waals surface area contributed by atoms with E-state index in [4.69, 9.17) is 0 Å². The average Bonchev–Trinajstić information content (AvgIpc) is 2.69. The Morgan fingerprint density at radius 3 is 2.64 bits per heavy atom. The van der Waals surface area contributed by atoms with E-state index in [0.717, 1.165) is 25.9 Å². The zero-order valence-electron chi connectivity index (χ0n) is 7.94. The number of benzene rings is 1. The Bertz CT molecular complexity index is 343. The van der Waals surface area contributed by atoms with Crippen LogP contribution in [0.3, 0.4) is 0 Å². The van der Waals surface area contributed by atoms with Crippen molar-refractivity contribution < 1.29 is 9.90 Å². The quantitative estimate of drug-likeness (QED) is 0.732. The SMILES string of the molecule is O=C(c1cccc(O)c1)N1CCCC1. The molecule has 1 aliphatic heterocycles. The maximum atomic E-state index is 11.8. The summed E-state index contributed by atoms with van der Waals surface area (Å²) >= 11 is 0. The number of nitrogens with zero attached hydrogens (tertiary/aromatic N) is 1. The fourth-order valence-electron chi connectivity index (χ4n) is 1.74. The van der Waals surface area contributed by atoms with Crippen molar-refractivity contribution in [2.24, 2.45) is 0 Å². The molecule has 3 heteroatoms. The van der Waals surface area contributed by atoms with Crippen LogP contribution >= 0.6 is 0 Å². The van der Waals surface area contributed by atoms with Gasteiger partial charge < -0.3 is 10.0 Å². The second kappa shape index (κ2) is 3.70. The van der Waals surface area contributed by atoms with Crippen LogP contribution in [0.1, 0.15) is 23.2 Å². The largest absolute Gasteiger partial charge is 0.508 e. The standard InChI is InChI=1S/C11H13NO2/c13-10-5-3-4-9(8-10)11(14)12-6-1-2-7-12/h3-5,8,13H,1-2,6-7H2. The molecule has 0 unspecified atom stereocenters. The normalized spacial score (nSPS) is 15.9. The Morgan fingerprint density at radius 2 is 2.00 bits per heavy atom. The molecule has 0 aromatic heterocycles. The number of carbonyl (C=O) groups excluding carboxylic acids is 1. The van der Waals surface area contributed by atoms with E-state index < -0.39 is 0 Å². The third-order valence-corrected chi connectivity index (χ3v) is 2.49. The molecule has 3 nitrogen and oxygen atoms in total. The van der Waals surface area contributed by atoms with Crippen LogP contribution < -0.4 is 0 Å². The lowest BCUT2D eigenvalue weighted by Crippen LogP contribution is -2.27. The number of likely N-dealkylation sites (tertiary alicyclic amines) is 1. The molecule has 0 spiro atoms. The summed E-state index contributed by atoms with van der Waals surface area (Å²) in [5, 5.41) is 9.23.